The van der Waals surface area contributed by atoms with Crippen molar-refractivity contribution < 1.29 is 18.7 Å². The first-order valence-electron chi connectivity index (χ1n) is 8.16. The molecular formula is C17H23NO5. The second-order valence-electron chi connectivity index (χ2n) is 6.46. The largest absolute Gasteiger partial charge is 0.424 e. The van der Waals surface area contributed by atoms with E-state index in [-0.39, 0.29) is 29.8 Å². The van der Waals surface area contributed by atoms with Crippen molar-refractivity contribution >= 4 is 5.91 Å². The van der Waals surface area contributed by atoms with Crippen LogP contribution in [0, 0.1) is 6.92 Å². The molecule has 1 unspecified atom stereocenters. The molecule has 3 atom stereocenters. The molecule has 126 valence electrons. The second kappa shape index (κ2) is 6.45. The molecule has 0 aromatic carbocycles. The van der Waals surface area contributed by atoms with Gasteiger partial charge in [-0.3, -0.25) is 4.79 Å². The standard InChI is InChI=1S/C17H23NO5/c1-10-7-14(13-5-4-6-21-13)23-17(20)15(10)16(19)18-8-11(2)22-12(3)9-18/h7,11-13H,4-6,8-9H2,1-3H3/t11-,12+,13?. The fourth-order valence-corrected chi connectivity index (χ4v) is 3.35. The Morgan fingerprint density at radius 2 is 1.96 bits per heavy atom. The molecule has 2 fully saturated rings. The number of carbonyl (C=O) groups is 1. The Bertz CT molecular complexity index is 637. The Balaban J connectivity index is 1.87. The fraction of sp³-hybridized carbons (Fsp3) is 0.647. The normalized spacial score (nSPS) is 28.1. The molecule has 0 spiro atoms. The van der Waals surface area contributed by atoms with Crippen LogP contribution in [-0.2, 0) is 9.47 Å². The number of nitrogens with zero attached hydrogens (tertiary/aromatic N) is 1. The lowest BCUT2D eigenvalue weighted by Gasteiger charge is -2.35. The van der Waals surface area contributed by atoms with Gasteiger partial charge in [-0.1, -0.05) is 0 Å². The second-order valence-corrected chi connectivity index (χ2v) is 6.46. The Morgan fingerprint density at radius 3 is 2.52 bits per heavy atom. The van der Waals surface area contributed by atoms with Crippen LogP contribution in [-0.4, -0.2) is 42.7 Å². The summed E-state index contributed by atoms with van der Waals surface area (Å²) in [5.74, 6) is 0.238. The van der Waals surface area contributed by atoms with Crippen LogP contribution in [0.5, 0.6) is 0 Å². The maximum Gasteiger partial charge on any atom is 0.349 e. The summed E-state index contributed by atoms with van der Waals surface area (Å²) in [7, 11) is 0. The molecule has 23 heavy (non-hydrogen) atoms. The van der Waals surface area contributed by atoms with Crippen molar-refractivity contribution in [1.29, 1.82) is 0 Å². The highest BCUT2D eigenvalue weighted by Gasteiger charge is 2.30. The summed E-state index contributed by atoms with van der Waals surface area (Å²) in [5.41, 5.74) is 0.184. The zero-order chi connectivity index (χ0) is 16.6. The van der Waals surface area contributed by atoms with Crippen LogP contribution in [0.4, 0.5) is 0 Å². The van der Waals surface area contributed by atoms with Crippen LogP contribution in [0.2, 0.25) is 0 Å². The van der Waals surface area contributed by atoms with Crippen LogP contribution in [0.15, 0.2) is 15.3 Å². The first kappa shape index (κ1) is 16.2. The van der Waals surface area contributed by atoms with Crippen molar-refractivity contribution in [2.75, 3.05) is 19.7 Å². The molecule has 0 aliphatic carbocycles. The number of morpholine rings is 1. The average Bonchev–Trinajstić information content (AvgIpc) is 2.99. The number of carbonyl (C=O) groups excluding carboxylic acids is 1. The number of amides is 1. The minimum absolute atomic E-state index is 0.0405. The molecule has 2 saturated heterocycles. The average molecular weight is 321 g/mol. The summed E-state index contributed by atoms with van der Waals surface area (Å²) < 4.78 is 16.6. The van der Waals surface area contributed by atoms with E-state index in [4.69, 9.17) is 13.9 Å². The highest BCUT2D eigenvalue weighted by molar-refractivity contribution is 5.95. The van der Waals surface area contributed by atoms with Crippen molar-refractivity contribution in [3.63, 3.8) is 0 Å². The van der Waals surface area contributed by atoms with Crippen LogP contribution in [0.3, 0.4) is 0 Å². The summed E-state index contributed by atoms with van der Waals surface area (Å²) in [4.78, 5) is 26.8. The van der Waals surface area contributed by atoms with Gasteiger partial charge >= 0.3 is 5.63 Å². The molecule has 0 bridgehead atoms. The van der Waals surface area contributed by atoms with Gasteiger partial charge in [0.1, 0.15) is 17.4 Å². The van der Waals surface area contributed by atoms with Gasteiger partial charge in [0.2, 0.25) is 0 Å². The van der Waals surface area contributed by atoms with Gasteiger partial charge in [-0.05, 0) is 45.2 Å². The molecular weight excluding hydrogens is 298 g/mol. The predicted molar refractivity (Wildman–Crippen MR) is 83.6 cm³/mol. The van der Waals surface area contributed by atoms with Gasteiger partial charge < -0.3 is 18.8 Å². The van der Waals surface area contributed by atoms with E-state index in [1.54, 1.807) is 17.9 Å². The van der Waals surface area contributed by atoms with Crippen LogP contribution >= 0.6 is 0 Å². The molecule has 0 saturated carbocycles. The smallest absolute Gasteiger partial charge is 0.349 e. The predicted octanol–water partition coefficient (Wildman–Crippen LogP) is 2.05. The minimum Gasteiger partial charge on any atom is -0.424 e. The maximum absolute atomic E-state index is 12.7. The van der Waals surface area contributed by atoms with E-state index in [2.05, 4.69) is 0 Å². The van der Waals surface area contributed by atoms with Gasteiger partial charge in [0.15, 0.2) is 0 Å². The Morgan fingerprint density at radius 1 is 1.26 bits per heavy atom. The summed E-state index contributed by atoms with van der Waals surface area (Å²) in [6.07, 6.45) is 1.54. The Kier molecular flexibility index (Phi) is 4.55. The molecule has 1 aromatic heterocycles. The molecule has 3 rings (SSSR count). The number of aryl methyl sites for hydroxylation is 1. The first-order valence-corrected chi connectivity index (χ1v) is 8.16. The molecule has 6 heteroatoms. The van der Waals surface area contributed by atoms with Crippen LogP contribution in [0.1, 0.15) is 54.5 Å². The third kappa shape index (κ3) is 3.33. The van der Waals surface area contributed by atoms with Gasteiger partial charge in [-0.25, -0.2) is 4.79 Å². The number of rotatable bonds is 2. The molecule has 1 aromatic rings. The lowest BCUT2D eigenvalue weighted by atomic mass is 10.1. The monoisotopic (exact) mass is 321 g/mol. The van der Waals surface area contributed by atoms with E-state index in [9.17, 15) is 9.59 Å². The summed E-state index contributed by atoms with van der Waals surface area (Å²) in [6, 6.07) is 1.76. The lowest BCUT2D eigenvalue weighted by Crippen LogP contribution is -2.49. The van der Waals surface area contributed by atoms with Gasteiger partial charge in [-0.2, -0.15) is 0 Å². The minimum atomic E-state index is -0.577. The third-order valence-electron chi connectivity index (χ3n) is 4.34. The van der Waals surface area contributed by atoms with Gasteiger partial charge in [-0.15, -0.1) is 0 Å². The van der Waals surface area contributed by atoms with Crippen LogP contribution < -0.4 is 5.63 Å². The van der Waals surface area contributed by atoms with Gasteiger partial charge in [0.25, 0.3) is 5.91 Å². The van der Waals surface area contributed by atoms with Crippen molar-refractivity contribution in [3.05, 3.63) is 33.4 Å². The quantitative estimate of drug-likeness (QED) is 0.834. The highest BCUT2D eigenvalue weighted by Crippen LogP contribution is 2.28. The molecule has 1 amide bonds. The molecule has 0 N–H and O–H groups in total. The Hall–Kier alpha value is -1.66. The van der Waals surface area contributed by atoms with E-state index >= 15 is 0 Å². The summed E-state index contributed by atoms with van der Waals surface area (Å²) >= 11 is 0. The van der Waals surface area contributed by atoms with Crippen LogP contribution in [0.25, 0.3) is 0 Å². The zero-order valence-corrected chi connectivity index (χ0v) is 13.8. The molecule has 2 aliphatic rings. The summed E-state index contributed by atoms with van der Waals surface area (Å²) in [5, 5.41) is 0. The fourth-order valence-electron chi connectivity index (χ4n) is 3.35. The SMILES string of the molecule is Cc1cc(C2CCCO2)oc(=O)c1C(=O)N1C[C@@H](C)O[C@@H](C)C1. The first-order chi connectivity index (χ1) is 11.0. The maximum atomic E-state index is 12.7. The molecule has 0 radical (unpaired) electrons. The van der Waals surface area contributed by atoms with E-state index < -0.39 is 5.63 Å². The van der Waals surface area contributed by atoms with E-state index in [1.165, 1.54) is 0 Å². The molecule has 3 heterocycles. The number of hydrogen-bond acceptors (Lipinski definition) is 5. The third-order valence-corrected chi connectivity index (χ3v) is 4.34. The topological polar surface area (TPSA) is 69.0 Å². The zero-order valence-electron chi connectivity index (χ0n) is 13.8. The van der Waals surface area contributed by atoms with E-state index in [0.717, 1.165) is 12.8 Å². The summed E-state index contributed by atoms with van der Waals surface area (Å²) in [6.45, 7) is 7.26. The van der Waals surface area contributed by atoms with Crippen molar-refractivity contribution in [2.45, 2.75) is 51.9 Å². The Labute approximate surface area is 135 Å². The van der Waals surface area contributed by atoms with E-state index in [0.29, 0.717) is 31.0 Å². The van der Waals surface area contributed by atoms with Gasteiger partial charge in [0, 0.05) is 19.7 Å². The number of ether oxygens (including phenoxy) is 2. The lowest BCUT2D eigenvalue weighted by molar-refractivity contribution is -0.0587. The van der Waals surface area contributed by atoms with Crippen molar-refractivity contribution in [3.8, 4) is 0 Å². The molecule has 2 aliphatic heterocycles. The van der Waals surface area contributed by atoms with E-state index in [1.807, 2.05) is 13.8 Å². The molecule has 6 nitrogen and oxygen atoms in total. The number of hydrogen-bond donors (Lipinski definition) is 0. The van der Waals surface area contributed by atoms with Crippen molar-refractivity contribution in [2.24, 2.45) is 0 Å². The van der Waals surface area contributed by atoms with Gasteiger partial charge in [0.05, 0.1) is 12.2 Å². The van der Waals surface area contributed by atoms with Crippen molar-refractivity contribution in [1.82, 2.24) is 4.90 Å². The highest BCUT2D eigenvalue weighted by atomic mass is 16.5.